The van der Waals surface area contributed by atoms with E-state index >= 15 is 0 Å². The van der Waals surface area contributed by atoms with Gasteiger partial charge in [-0.2, -0.15) is 0 Å². The number of carbonyl (C=O) groups excluding carboxylic acids is 1. The predicted octanol–water partition coefficient (Wildman–Crippen LogP) is 3.03. The van der Waals surface area contributed by atoms with Crippen LogP contribution in [0.4, 0.5) is 4.79 Å². The molecule has 1 aromatic heterocycles. The first-order chi connectivity index (χ1) is 12.7. The third kappa shape index (κ3) is 3.38. The Hall–Kier alpha value is -2.57. The minimum absolute atomic E-state index is 0.0627. The molecule has 7 heteroatoms. The van der Waals surface area contributed by atoms with Crippen LogP contribution in [0.3, 0.4) is 0 Å². The van der Waals surface area contributed by atoms with E-state index in [9.17, 15) is 4.79 Å². The minimum Gasteiger partial charge on any atom is -0.497 e. The molecule has 5 rings (SSSR count). The number of alkyl carbamates (subject to hydrolysis) is 1. The van der Waals surface area contributed by atoms with Crippen LogP contribution in [0, 0.1) is 0 Å². The second-order valence-corrected chi connectivity index (χ2v) is 8.87. The van der Waals surface area contributed by atoms with Crippen molar-refractivity contribution in [1.82, 2.24) is 20.3 Å². The monoisotopic (exact) mass is 370 g/mol. The van der Waals surface area contributed by atoms with Gasteiger partial charge in [0.15, 0.2) is 0 Å². The van der Waals surface area contributed by atoms with E-state index in [-0.39, 0.29) is 17.0 Å². The van der Waals surface area contributed by atoms with Crippen molar-refractivity contribution in [2.24, 2.45) is 0 Å². The summed E-state index contributed by atoms with van der Waals surface area (Å²) in [5, 5.41) is 11.7. The van der Waals surface area contributed by atoms with Gasteiger partial charge in [0.2, 0.25) is 0 Å². The van der Waals surface area contributed by atoms with Gasteiger partial charge in [-0.25, -0.2) is 9.48 Å². The topological polar surface area (TPSA) is 78.3 Å². The van der Waals surface area contributed by atoms with Gasteiger partial charge in [-0.3, -0.25) is 0 Å². The maximum atomic E-state index is 12.0. The van der Waals surface area contributed by atoms with Gasteiger partial charge < -0.3 is 14.8 Å². The number of methoxy groups -OCH3 is 1. The van der Waals surface area contributed by atoms with Gasteiger partial charge in [0.25, 0.3) is 0 Å². The van der Waals surface area contributed by atoms with Gasteiger partial charge in [-0.05, 0) is 57.7 Å². The molecule has 0 saturated heterocycles. The summed E-state index contributed by atoms with van der Waals surface area (Å²) in [7, 11) is 1.66. The number of rotatable bonds is 5. The summed E-state index contributed by atoms with van der Waals surface area (Å²) in [6.07, 6.45) is 4.40. The zero-order valence-electron chi connectivity index (χ0n) is 16.3. The lowest BCUT2D eigenvalue weighted by atomic mass is 9.38. The fourth-order valence-corrected chi connectivity index (χ4v) is 4.25. The summed E-state index contributed by atoms with van der Waals surface area (Å²) >= 11 is 0. The first kappa shape index (κ1) is 17.8. The average molecular weight is 370 g/mol. The first-order valence-corrected chi connectivity index (χ1v) is 9.26. The van der Waals surface area contributed by atoms with Gasteiger partial charge in [-0.1, -0.05) is 17.3 Å². The Morgan fingerprint density at radius 2 is 1.89 bits per heavy atom. The van der Waals surface area contributed by atoms with Crippen molar-refractivity contribution in [3.63, 3.8) is 0 Å². The van der Waals surface area contributed by atoms with Crippen molar-refractivity contribution >= 4 is 6.09 Å². The molecular weight excluding hydrogens is 344 g/mol. The van der Waals surface area contributed by atoms with Crippen LogP contribution in [0.5, 0.6) is 5.75 Å². The van der Waals surface area contributed by atoms with Crippen LogP contribution in [0.25, 0.3) is 0 Å². The van der Waals surface area contributed by atoms with Gasteiger partial charge in [0, 0.05) is 17.2 Å². The van der Waals surface area contributed by atoms with E-state index in [0.717, 1.165) is 36.3 Å². The number of benzene rings is 1. The molecule has 1 aromatic carbocycles. The molecule has 7 nitrogen and oxygen atoms in total. The highest BCUT2D eigenvalue weighted by Crippen LogP contribution is 2.67. The molecule has 1 N–H and O–H groups in total. The Morgan fingerprint density at radius 1 is 1.22 bits per heavy atom. The van der Waals surface area contributed by atoms with Crippen molar-refractivity contribution in [3.05, 3.63) is 41.7 Å². The first-order valence-electron chi connectivity index (χ1n) is 9.26. The zero-order valence-corrected chi connectivity index (χ0v) is 16.3. The van der Waals surface area contributed by atoms with Crippen molar-refractivity contribution in [3.8, 4) is 5.75 Å². The molecule has 1 heterocycles. The molecule has 2 aromatic rings. The van der Waals surface area contributed by atoms with Gasteiger partial charge in [0.1, 0.15) is 11.4 Å². The highest BCUT2D eigenvalue weighted by atomic mass is 16.6. The third-order valence-electron chi connectivity index (χ3n) is 5.38. The molecule has 27 heavy (non-hydrogen) atoms. The van der Waals surface area contributed by atoms with Crippen LogP contribution in [-0.2, 0) is 16.7 Å². The van der Waals surface area contributed by atoms with Crippen LogP contribution >= 0.6 is 0 Å². The Balaban J connectivity index is 1.34. The molecular formula is C20H26N4O3. The smallest absolute Gasteiger partial charge is 0.408 e. The molecule has 144 valence electrons. The lowest BCUT2D eigenvalue weighted by Crippen LogP contribution is -2.77. The number of nitrogens with one attached hydrogen (secondary N) is 1. The Bertz CT molecular complexity index is 831. The molecule has 0 radical (unpaired) electrons. The summed E-state index contributed by atoms with van der Waals surface area (Å²) in [5.41, 5.74) is 1.63. The molecule has 3 fully saturated rings. The largest absolute Gasteiger partial charge is 0.497 e. The second kappa shape index (κ2) is 5.97. The van der Waals surface area contributed by atoms with Crippen LogP contribution in [0.1, 0.15) is 51.3 Å². The summed E-state index contributed by atoms with van der Waals surface area (Å²) in [6.45, 7) is 6.29. The van der Waals surface area contributed by atoms with E-state index in [1.165, 1.54) is 0 Å². The lowest BCUT2D eigenvalue weighted by Gasteiger charge is -2.69. The summed E-state index contributed by atoms with van der Waals surface area (Å²) in [4.78, 5) is 12.0. The summed E-state index contributed by atoms with van der Waals surface area (Å²) < 4.78 is 12.4. The van der Waals surface area contributed by atoms with Crippen LogP contribution in [-0.4, -0.2) is 39.3 Å². The van der Waals surface area contributed by atoms with E-state index in [4.69, 9.17) is 9.47 Å². The number of nitrogens with zero attached hydrogens (tertiary/aromatic N) is 3. The van der Waals surface area contributed by atoms with Crippen molar-refractivity contribution in [2.45, 2.75) is 63.1 Å². The van der Waals surface area contributed by atoms with Gasteiger partial charge in [0.05, 0.1) is 19.3 Å². The number of hydrogen-bond donors (Lipinski definition) is 1. The number of aromatic nitrogens is 3. The quantitative estimate of drug-likeness (QED) is 0.875. The predicted molar refractivity (Wildman–Crippen MR) is 99.7 cm³/mol. The van der Waals surface area contributed by atoms with E-state index in [1.807, 2.05) is 55.9 Å². The highest BCUT2D eigenvalue weighted by Gasteiger charge is 2.70. The molecule has 1 amide bonds. The second-order valence-electron chi connectivity index (χ2n) is 8.87. The van der Waals surface area contributed by atoms with E-state index in [2.05, 4.69) is 15.6 Å². The SMILES string of the molecule is COc1ccc(Cn2cc(C34CC(NC(=O)OC(C)(C)C)(C3)C4)nn2)cc1. The number of carbonyl (C=O) groups is 1. The van der Waals surface area contributed by atoms with Gasteiger partial charge in [-0.15, -0.1) is 5.10 Å². The maximum Gasteiger partial charge on any atom is 0.408 e. The number of amides is 1. The Kier molecular flexibility index (Phi) is 3.94. The molecule has 0 spiro atoms. The molecule has 0 aliphatic heterocycles. The minimum atomic E-state index is -0.477. The number of ether oxygens (including phenoxy) is 2. The molecule has 0 atom stereocenters. The van der Waals surface area contributed by atoms with Crippen LogP contribution in [0.15, 0.2) is 30.5 Å². The van der Waals surface area contributed by atoms with Crippen LogP contribution < -0.4 is 10.1 Å². The fraction of sp³-hybridized carbons (Fsp3) is 0.550. The van der Waals surface area contributed by atoms with Gasteiger partial charge >= 0.3 is 6.09 Å². The lowest BCUT2D eigenvalue weighted by molar-refractivity contribution is -0.0909. The maximum absolute atomic E-state index is 12.0. The highest BCUT2D eigenvalue weighted by molar-refractivity contribution is 5.70. The van der Waals surface area contributed by atoms with E-state index in [1.54, 1.807) is 7.11 Å². The molecule has 0 unspecified atom stereocenters. The molecule has 2 bridgehead atoms. The third-order valence-corrected chi connectivity index (χ3v) is 5.38. The van der Waals surface area contributed by atoms with Crippen molar-refractivity contribution in [1.29, 1.82) is 0 Å². The standard InChI is InChI=1S/C20H26N4O3/c1-18(2,3)27-17(25)21-20-11-19(12-20,13-20)16-10-24(23-22-16)9-14-5-7-15(26-4)8-6-14/h5-8,10H,9,11-13H2,1-4H3,(H,21,25). The molecule has 3 aliphatic carbocycles. The molecule has 3 saturated carbocycles. The fourth-order valence-electron chi connectivity index (χ4n) is 4.25. The van der Waals surface area contributed by atoms with Crippen molar-refractivity contribution in [2.75, 3.05) is 7.11 Å². The normalized spacial score (nSPS) is 25.9. The van der Waals surface area contributed by atoms with E-state index in [0.29, 0.717) is 6.54 Å². The zero-order chi connectivity index (χ0) is 19.3. The summed E-state index contributed by atoms with van der Waals surface area (Å²) in [6, 6.07) is 7.95. The molecule has 3 aliphatic rings. The van der Waals surface area contributed by atoms with Crippen molar-refractivity contribution < 1.29 is 14.3 Å². The average Bonchev–Trinajstić information content (AvgIpc) is 2.96. The summed E-state index contributed by atoms with van der Waals surface area (Å²) in [5.74, 6) is 0.842. The van der Waals surface area contributed by atoms with Crippen LogP contribution in [0.2, 0.25) is 0 Å². The Morgan fingerprint density at radius 3 is 2.48 bits per heavy atom. The number of hydrogen-bond acceptors (Lipinski definition) is 5. The Labute approximate surface area is 159 Å². The van der Waals surface area contributed by atoms with E-state index < -0.39 is 5.60 Å².